The highest BCUT2D eigenvalue weighted by molar-refractivity contribution is 6.04. The number of alkyl halides is 3. The SMILES string of the molecule is O=C(Oc1ccc(C(F)(F)F)cc1)c1ccc(NC(=O)c2[nH]ccc(=O)c2O)cc1. The van der Waals surface area contributed by atoms with Crippen molar-refractivity contribution in [3.8, 4) is 11.5 Å². The highest BCUT2D eigenvalue weighted by atomic mass is 19.4. The minimum atomic E-state index is -4.49. The van der Waals surface area contributed by atoms with Crippen molar-refractivity contribution >= 4 is 17.6 Å². The average molecular weight is 418 g/mol. The Morgan fingerprint density at radius 1 is 0.967 bits per heavy atom. The van der Waals surface area contributed by atoms with E-state index in [9.17, 15) is 32.7 Å². The van der Waals surface area contributed by atoms with Crippen LogP contribution in [0.2, 0.25) is 0 Å². The fourth-order valence-electron chi connectivity index (χ4n) is 2.41. The molecular weight excluding hydrogens is 405 g/mol. The summed E-state index contributed by atoms with van der Waals surface area (Å²) in [6.45, 7) is 0. The summed E-state index contributed by atoms with van der Waals surface area (Å²) in [6.07, 6.45) is -3.29. The van der Waals surface area contributed by atoms with Gasteiger partial charge in [0.15, 0.2) is 11.4 Å². The maximum atomic E-state index is 12.6. The summed E-state index contributed by atoms with van der Waals surface area (Å²) in [5.41, 5.74) is -1.57. The smallest absolute Gasteiger partial charge is 0.416 e. The summed E-state index contributed by atoms with van der Waals surface area (Å²) in [6, 6.07) is 10.1. The molecule has 7 nitrogen and oxygen atoms in total. The number of pyridine rings is 1. The van der Waals surface area contributed by atoms with Crippen molar-refractivity contribution in [1.82, 2.24) is 4.98 Å². The van der Waals surface area contributed by atoms with Crippen LogP contribution in [0, 0.1) is 0 Å². The Morgan fingerprint density at radius 2 is 1.60 bits per heavy atom. The first kappa shape index (κ1) is 20.6. The molecule has 0 fully saturated rings. The van der Waals surface area contributed by atoms with Crippen LogP contribution in [-0.4, -0.2) is 22.0 Å². The predicted octanol–water partition coefficient (Wildman–Crippen LogP) is 3.57. The van der Waals surface area contributed by atoms with Gasteiger partial charge in [0.1, 0.15) is 5.75 Å². The van der Waals surface area contributed by atoms with Crippen molar-refractivity contribution in [1.29, 1.82) is 0 Å². The molecule has 154 valence electrons. The van der Waals surface area contributed by atoms with Crippen LogP contribution in [0.15, 0.2) is 65.6 Å². The zero-order valence-corrected chi connectivity index (χ0v) is 15.0. The third kappa shape index (κ3) is 4.66. The van der Waals surface area contributed by atoms with Gasteiger partial charge in [0.25, 0.3) is 5.91 Å². The number of aromatic amines is 1. The number of amides is 1. The highest BCUT2D eigenvalue weighted by Gasteiger charge is 2.30. The molecule has 0 radical (unpaired) electrons. The van der Waals surface area contributed by atoms with E-state index in [2.05, 4.69) is 10.3 Å². The minimum Gasteiger partial charge on any atom is -0.503 e. The van der Waals surface area contributed by atoms with Crippen LogP contribution in [0.3, 0.4) is 0 Å². The van der Waals surface area contributed by atoms with E-state index >= 15 is 0 Å². The molecule has 0 spiro atoms. The Hall–Kier alpha value is -4.08. The Morgan fingerprint density at radius 3 is 2.20 bits per heavy atom. The largest absolute Gasteiger partial charge is 0.503 e. The number of aromatic hydroxyl groups is 1. The van der Waals surface area contributed by atoms with Gasteiger partial charge < -0.3 is 20.1 Å². The lowest BCUT2D eigenvalue weighted by Gasteiger charge is -2.09. The van der Waals surface area contributed by atoms with Crippen LogP contribution in [0.25, 0.3) is 0 Å². The normalized spacial score (nSPS) is 11.0. The molecule has 0 aliphatic heterocycles. The molecule has 0 bridgehead atoms. The van der Waals surface area contributed by atoms with Gasteiger partial charge in [0.2, 0.25) is 5.43 Å². The molecule has 3 aromatic rings. The maximum Gasteiger partial charge on any atom is 0.416 e. The number of esters is 1. The van der Waals surface area contributed by atoms with Crippen LogP contribution >= 0.6 is 0 Å². The van der Waals surface area contributed by atoms with E-state index in [0.717, 1.165) is 30.3 Å². The first-order chi connectivity index (χ1) is 14.1. The summed E-state index contributed by atoms with van der Waals surface area (Å²) >= 11 is 0. The molecule has 2 aromatic carbocycles. The van der Waals surface area contributed by atoms with E-state index in [4.69, 9.17) is 4.74 Å². The number of anilines is 1. The number of H-pyrrole nitrogens is 1. The second-order valence-corrected chi connectivity index (χ2v) is 6.01. The minimum absolute atomic E-state index is 0.0612. The third-order valence-electron chi connectivity index (χ3n) is 3.93. The molecule has 3 rings (SSSR count). The number of hydrogen-bond donors (Lipinski definition) is 3. The van der Waals surface area contributed by atoms with Crippen molar-refractivity contribution in [2.24, 2.45) is 0 Å². The van der Waals surface area contributed by atoms with Gasteiger partial charge in [-0.05, 0) is 48.5 Å². The van der Waals surface area contributed by atoms with Gasteiger partial charge in [-0.3, -0.25) is 9.59 Å². The number of ether oxygens (including phenoxy) is 1. The first-order valence-corrected chi connectivity index (χ1v) is 8.36. The lowest BCUT2D eigenvalue weighted by Crippen LogP contribution is -2.17. The Balaban J connectivity index is 1.66. The van der Waals surface area contributed by atoms with Crippen LogP contribution in [-0.2, 0) is 6.18 Å². The number of carbonyl (C=O) groups is 2. The lowest BCUT2D eigenvalue weighted by molar-refractivity contribution is -0.137. The molecule has 0 unspecified atom stereocenters. The third-order valence-corrected chi connectivity index (χ3v) is 3.93. The Bertz CT molecular complexity index is 1140. The van der Waals surface area contributed by atoms with Crippen molar-refractivity contribution < 1.29 is 32.6 Å². The molecule has 10 heteroatoms. The molecule has 30 heavy (non-hydrogen) atoms. The molecule has 1 aromatic heterocycles. The Kier molecular flexibility index (Phi) is 5.58. The monoisotopic (exact) mass is 418 g/mol. The van der Waals surface area contributed by atoms with E-state index in [1.807, 2.05) is 0 Å². The van der Waals surface area contributed by atoms with Crippen molar-refractivity contribution in [2.75, 3.05) is 5.32 Å². The summed E-state index contributed by atoms with van der Waals surface area (Å²) in [4.78, 5) is 38.1. The van der Waals surface area contributed by atoms with Crippen molar-refractivity contribution in [2.45, 2.75) is 6.18 Å². The summed E-state index contributed by atoms with van der Waals surface area (Å²) < 4.78 is 42.7. The second-order valence-electron chi connectivity index (χ2n) is 6.01. The van der Waals surface area contributed by atoms with Crippen molar-refractivity contribution in [3.05, 3.63) is 87.8 Å². The van der Waals surface area contributed by atoms with Gasteiger partial charge in [-0.15, -0.1) is 0 Å². The quantitative estimate of drug-likeness (QED) is 0.443. The molecule has 1 heterocycles. The van der Waals surface area contributed by atoms with E-state index in [0.29, 0.717) is 0 Å². The van der Waals surface area contributed by atoms with E-state index in [1.165, 1.54) is 30.5 Å². The van der Waals surface area contributed by atoms with Crippen LogP contribution in [0.5, 0.6) is 11.5 Å². The second kappa shape index (κ2) is 8.11. The fraction of sp³-hybridized carbons (Fsp3) is 0.0500. The Labute approximate surface area is 166 Å². The number of benzene rings is 2. The molecule has 3 N–H and O–H groups in total. The van der Waals surface area contributed by atoms with E-state index in [-0.39, 0.29) is 22.7 Å². The molecule has 0 atom stereocenters. The zero-order valence-electron chi connectivity index (χ0n) is 15.0. The molecule has 0 saturated heterocycles. The number of carbonyl (C=O) groups excluding carboxylic acids is 2. The lowest BCUT2D eigenvalue weighted by atomic mass is 10.2. The number of nitrogens with one attached hydrogen (secondary N) is 2. The van der Waals surface area contributed by atoms with E-state index < -0.39 is 34.8 Å². The van der Waals surface area contributed by atoms with Gasteiger partial charge in [-0.2, -0.15) is 13.2 Å². The topological polar surface area (TPSA) is 108 Å². The van der Waals surface area contributed by atoms with Gasteiger partial charge in [0, 0.05) is 18.0 Å². The van der Waals surface area contributed by atoms with Gasteiger partial charge in [-0.25, -0.2) is 4.79 Å². The molecule has 1 amide bonds. The summed E-state index contributed by atoms with van der Waals surface area (Å²) in [5.74, 6) is -2.37. The van der Waals surface area contributed by atoms with E-state index in [1.54, 1.807) is 0 Å². The number of hydrogen-bond acceptors (Lipinski definition) is 5. The van der Waals surface area contributed by atoms with Crippen LogP contribution in [0.1, 0.15) is 26.4 Å². The fourth-order valence-corrected chi connectivity index (χ4v) is 2.41. The van der Waals surface area contributed by atoms with Crippen LogP contribution < -0.4 is 15.5 Å². The highest BCUT2D eigenvalue weighted by Crippen LogP contribution is 2.30. The van der Waals surface area contributed by atoms with Crippen LogP contribution in [0.4, 0.5) is 18.9 Å². The number of halogens is 3. The first-order valence-electron chi connectivity index (χ1n) is 8.36. The summed E-state index contributed by atoms with van der Waals surface area (Å²) in [7, 11) is 0. The molecule has 0 aliphatic rings. The predicted molar refractivity (Wildman–Crippen MR) is 99.5 cm³/mol. The van der Waals surface area contributed by atoms with Gasteiger partial charge >= 0.3 is 12.1 Å². The average Bonchev–Trinajstić information content (AvgIpc) is 2.70. The molecule has 0 aliphatic carbocycles. The number of rotatable bonds is 4. The van der Waals surface area contributed by atoms with Gasteiger partial charge in [0.05, 0.1) is 11.1 Å². The maximum absolute atomic E-state index is 12.6. The summed E-state index contributed by atoms with van der Waals surface area (Å²) in [5, 5.41) is 12.1. The molecular formula is C20H13F3N2O5. The number of aromatic nitrogens is 1. The standard InChI is InChI=1S/C20H13F3N2O5/c21-20(22,23)12-3-7-14(8-4-12)30-19(29)11-1-5-13(6-2-11)25-18(28)16-17(27)15(26)9-10-24-16/h1-10,27H,(H,24,26)(H,25,28). The molecule has 0 saturated carbocycles. The zero-order chi connectivity index (χ0) is 21.9. The van der Waals surface area contributed by atoms with Gasteiger partial charge in [-0.1, -0.05) is 0 Å². The van der Waals surface area contributed by atoms with Crippen molar-refractivity contribution in [3.63, 3.8) is 0 Å².